The molecule has 2 unspecified atom stereocenters. The highest BCUT2D eigenvalue weighted by molar-refractivity contribution is 5.89. The summed E-state index contributed by atoms with van der Waals surface area (Å²) in [6.45, 7) is 5.15. The van der Waals surface area contributed by atoms with Gasteiger partial charge in [-0.05, 0) is 32.9 Å². The van der Waals surface area contributed by atoms with Crippen molar-refractivity contribution in [3.05, 3.63) is 24.0 Å². The quantitative estimate of drug-likeness (QED) is 0.752. The number of rotatable bonds is 6. The molecule has 1 aromatic carbocycles. The van der Waals surface area contributed by atoms with Crippen LogP contribution in [0.2, 0.25) is 0 Å². The largest absolute Gasteiger partial charge is 0.491 e. The molecule has 2 atom stereocenters. The van der Waals surface area contributed by atoms with Gasteiger partial charge in [0.2, 0.25) is 0 Å². The zero-order valence-electron chi connectivity index (χ0n) is 12.1. The summed E-state index contributed by atoms with van der Waals surface area (Å²) in [4.78, 5) is 22.5. The summed E-state index contributed by atoms with van der Waals surface area (Å²) in [6, 6.07) is 2.89. The van der Waals surface area contributed by atoms with E-state index in [0.717, 1.165) is 6.07 Å². The second-order valence-corrected chi connectivity index (χ2v) is 4.59. The van der Waals surface area contributed by atoms with Crippen LogP contribution in [0.5, 0.6) is 5.75 Å². The maximum Gasteiger partial charge on any atom is 0.319 e. The molecule has 0 saturated carbocycles. The molecule has 1 rings (SSSR count). The first-order valence-corrected chi connectivity index (χ1v) is 6.57. The van der Waals surface area contributed by atoms with E-state index >= 15 is 0 Å². The van der Waals surface area contributed by atoms with Gasteiger partial charge >= 0.3 is 12.0 Å². The van der Waals surface area contributed by atoms with Crippen molar-refractivity contribution in [2.75, 3.05) is 11.9 Å². The highest BCUT2D eigenvalue weighted by atomic mass is 19.1. The van der Waals surface area contributed by atoms with Gasteiger partial charge in [0, 0.05) is 17.8 Å². The summed E-state index contributed by atoms with van der Waals surface area (Å²) >= 11 is 0. The molecule has 7 heteroatoms. The zero-order chi connectivity index (χ0) is 16.0. The van der Waals surface area contributed by atoms with Gasteiger partial charge in [-0.2, -0.15) is 0 Å². The lowest BCUT2D eigenvalue weighted by molar-refractivity contribution is -0.141. The molecule has 0 saturated heterocycles. The molecule has 0 bridgehead atoms. The van der Waals surface area contributed by atoms with E-state index < -0.39 is 29.8 Å². The molecule has 0 aliphatic heterocycles. The average Bonchev–Trinajstić information content (AvgIpc) is 2.40. The summed E-state index contributed by atoms with van der Waals surface area (Å²) < 4.78 is 18.7. The summed E-state index contributed by atoms with van der Waals surface area (Å²) in [5.41, 5.74) is 0.253. The van der Waals surface area contributed by atoms with Crippen LogP contribution in [0.1, 0.15) is 20.8 Å². The number of carbonyl (C=O) groups is 2. The summed E-state index contributed by atoms with van der Waals surface area (Å²) in [6.07, 6.45) is 0. The third-order valence-electron chi connectivity index (χ3n) is 2.99. The van der Waals surface area contributed by atoms with Gasteiger partial charge in [0.1, 0.15) is 0 Å². The number of carboxylic acids is 1. The van der Waals surface area contributed by atoms with Crippen molar-refractivity contribution in [2.24, 2.45) is 5.92 Å². The van der Waals surface area contributed by atoms with Crippen molar-refractivity contribution in [3.63, 3.8) is 0 Å². The van der Waals surface area contributed by atoms with Crippen LogP contribution >= 0.6 is 0 Å². The molecule has 116 valence electrons. The lowest BCUT2D eigenvalue weighted by Gasteiger charge is -2.18. The summed E-state index contributed by atoms with van der Waals surface area (Å²) in [7, 11) is 0. The lowest BCUT2D eigenvalue weighted by atomic mass is 10.0. The second kappa shape index (κ2) is 7.47. The number of carboxylic acid groups (broad SMARTS) is 1. The molecule has 0 aromatic heterocycles. The number of hydrogen-bond donors (Lipinski definition) is 3. The third-order valence-corrected chi connectivity index (χ3v) is 2.99. The predicted molar refractivity (Wildman–Crippen MR) is 76.0 cm³/mol. The van der Waals surface area contributed by atoms with Gasteiger partial charge in [-0.25, -0.2) is 9.18 Å². The molecule has 1 aromatic rings. The molecule has 0 aliphatic rings. The smallest absolute Gasteiger partial charge is 0.319 e. The van der Waals surface area contributed by atoms with E-state index in [9.17, 15) is 14.0 Å². The fourth-order valence-corrected chi connectivity index (χ4v) is 1.56. The zero-order valence-corrected chi connectivity index (χ0v) is 12.1. The van der Waals surface area contributed by atoms with Gasteiger partial charge in [-0.3, -0.25) is 4.79 Å². The number of carbonyl (C=O) groups excluding carboxylic acids is 1. The van der Waals surface area contributed by atoms with Crippen molar-refractivity contribution in [1.82, 2.24) is 5.32 Å². The number of hydrogen-bond acceptors (Lipinski definition) is 3. The van der Waals surface area contributed by atoms with Gasteiger partial charge in [0.25, 0.3) is 0 Å². The number of aliphatic carboxylic acids is 1. The number of urea groups is 1. The van der Waals surface area contributed by atoms with E-state index in [1.807, 2.05) is 0 Å². The molecule has 0 spiro atoms. The van der Waals surface area contributed by atoms with E-state index in [1.165, 1.54) is 19.1 Å². The number of ether oxygens (including phenoxy) is 1. The van der Waals surface area contributed by atoms with Gasteiger partial charge in [-0.1, -0.05) is 0 Å². The van der Waals surface area contributed by atoms with Gasteiger partial charge in [0.05, 0.1) is 12.5 Å². The molecule has 0 radical (unpaired) electrons. The third kappa shape index (κ3) is 4.94. The first kappa shape index (κ1) is 16.7. The van der Waals surface area contributed by atoms with Crippen molar-refractivity contribution in [1.29, 1.82) is 0 Å². The molecule has 21 heavy (non-hydrogen) atoms. The number of halogens is 1. The minimum Gasteiger partial charge on any atom is -0.491 e. The fraction of sp³-hybridized carbons (Fsp3) is 0.429. The van der Waals surface area contributed by atoms with Crippen LogP contribution in [-0.4, -0.2) is 29.8 Å². The van der Waals surface area contributed by atoms with Crippen molar-refractivity contribution >= 4 is 17.7 Å². The highest BCUT2D eigenvalue weighted by Gasteiger charge is 2.21. The fourth-order valence-electron chi connectivity index (χ4n) is 1.56. The van der Waals surface area contributed by atoms with Crippen LogP contribution in [0.15, 0.2) is 18.2 Å². The van der Waals surface area contributed by atoms with E-state index in [1.54, 1.807) is 13.8 Å². The van der Waals surface area contributed by atoms with Crippen LogP contribution in [0.25, 0.3) is 0 Å². The topological polar surface area (TPSA) is 87.7 Å². The second-order valence-electron chi connectivity index (χ2n) is 4.59. The van der Waals surface area contributed by atoms with Gasteiger partial charge < -0.3 is 20.5 Å². The first-order valence-electron chi connectivity index (χ1n) is 6.57. The van der Waals surface area contributed by atoms with Gasteiger partial charge in [0.15, 0.2) is 11.6 Å². The minimum absolute atomic E-state index is 0.108. The SMILES string of the molecule is CCOc1ccc(NC(=O)NC(C)C(C)C(=O)O)cc1F. The Labute approximate surface area is 122 Å². The molecule has 2 amide bonds. The monoisotopic (exact) mass is 298 g/mol. The Morgan fingerprint density at radius 3 is 2.57 bits per heavy atom. The maximum atomic E-state index is 13.6. The normalized spacial score (nSPS) is 13.1. The number of benzene rings is 1. The Morgan fingerprint density at radius 1 is 1.38 bits per heavy atom. The summed E-state index contributed by atoms with van der Waals surface area (Å²) in [5.74, 6) is -2.21. The molecule has 0 aliphatic carbocycles. The van der Waals surface area contributed by atoms with Crippen molar-refractivity contribution in [2.45, 2.75) is 26.8 Å². The van der Waals surface area contributed by atoms with Crippen LogP contribution in [0.3, 0.4) is 0 Å². The maximum absolute atomic E-state index is 13.6. The predicted octanol–water partition coefficient (Wildman–Crippen LogP) is 2.46. The number of amides is 2. The molecular formula is C14H19FN2O4. The molecule has 3 N–H and O–H groups in total. The number of anilines is 1. The van der Waals surface area contributed by atoms with E-state index in [0.29, 0.717) is 6.61 Å². The minimum atomic E-state index is -1.00. The van der Waals surface area contributed by atoms with E-state index in [2.05, 4.69) is 10.6 Å². The molecular weight excluding hydrogens is 279 g/mol. The Hall–Kier alpha value is -2.31. The summed E-state index contributed by atoms with van der Waals surface area (Å²) in [5, 5.41) is 13.8. The number of nitrogens with one attached hydrogen (secondary N) is 2. The molecule has 0 fully saturated rings. The van der Waals surface area contributed by atoms with E-state index in [-0.39, 0.29) is 11.4 Å². The highest BCUT2D eigenvalue weighted by Crippen LogP contribution is 2.21. The lowest BCUT2D eigenvalue weighted by Crippen LogP contribution is -2.42. The standard InChI is InChI=1S/C14H19FN2O4/c1-4-21-12-6-5-10(7-11(12)15)17-14(20)16-9(3)8(2)13(18)19/h5-9H,4H2,1-3H3,(H,18,19)(H2,16,17,20). The van der Waals surface area contributed by atoms with Crippen LogP contribution in [-0.2, 0) is 4.79 Å². The Kier molecular flexibility index (Phi) is 5.95. The Morgan fingerprint density at radius 2 is 2.05 bits per heavy atom. The molecule has 0 heterocycles. The van der Waals surface area contributed by atoms with Crippen molar-refractivity contribution in [3.8, 4) is 5.75 Å². The average molecular weight is 298 g/mol. The van der Waals surface area contributed by atoms with Crippen LogP contribution < -0.4 is 15.4 Å². The van der Waals surface area contributed by atoms with Crippen LogP contribution in [0.4, 0.5) is 14.9 Å². The Bertz CT molecular complexity index is 522. The van der Waals surface area contributed by atoms with Crippen LogP contribution in [0, 0.1) is 11.7 Å². The first-order chi connectivity index (χ1) is 9.85. The molecule has 6 nitrogen and oxygen atoms in total. The van der Waals surface area contributed by atoms with E-state index in [4.69, 9.17) is 9.84 Å². The van der Waals surface area contributed by atoms with Gasteiger partial charge in [-0.15, -0.1) is 0 Å². The van der Waals surface area contributed by atoms with Crippen molar-refractivity contribution < 1.29 is 23.8 Å². The Balaban J connectivity index is 2.63.